The van der Waals surface area contributed by atoms with Gasteiger partial charge in [0.25, 0.3) is 5.91 Å². The first-order chi connectivity index (χ1) is 14.9. The van der Waals surface area contributed by atoms with Crippen molar-refractivity contribution in [1.82, 2.24) is 15.2 Å². The molecule has 0 saturated carbocycles. The lowest BCUT2D eigenvalue weighted by molar-refractivity contribution is -0.133. The third-order valence-electron chi connectivity index (χ3n) is 5.25. The molecule has 0 spiro atoms. The average Bonchev–Trinajstić information content (AvgIpc) is 3.38. The molecule has 2 aromatic carbocycles. The number of thiazole rings is 1. The molecule has 0 aliphatic carbocycles. The standard InChI is InChI=1S/C23H22N4O3S/c1-23(12-11-16-5-3-2-4-6-16)21(29)27(22(30)26-23)15-19(28)25-18-9-7-17(8-10-18)20-24-13-14-31-20/h2-10,13-14H,11-12,15H2,1H3,(H,25,28)(H,26,30)/t23-/m0/s1. The Labute approximate surface area is 184 Å². The van der Waals surface area contributed by atoms with Crippen molar-refractivity contribution < 1.29 is 14.4 Å². The van der Waals surface area contributed by atoms with E-state index in [0.29, 0.717) is 18.5 Å². The van der Waals surface area contributed by atoms with Crippen LogP contribution in [0.4, 0.5) is 10.5 Å². The van der Waals surface area contributed by atoms with E-state index in [1.54, 1.807) is 25.3 Å². The number of aryl methyl sites for hydroxylation is 1. The summed E-state index contributed by atoms with van der Waals surface area (Å²) >= 11 is 1.53. The lowest BCUT2D eigenvalue weighted by Gasteiger charge is -2.21. The van der Waals surface area contributed by atoms with Gasteiger partial charge in [-0.05, 0) is 49.6 Å². The molecule has 2 N–H and O–H groups in total. The van der Waals surface area contributed by atoms with Crippen LogP contribution >= 0.6 is 11.3 Å². The zero-order valence-corrected chi connectivity index (χ0v) is 17.8. The molecule has 2 heterocycles. The fourth-order valence-electron chi connectivity index (χ4n) is 3.51. The van der Waals surface area contributed by atoms with Crippen LogP contribution < -0.4 is 10.6 Å². The van der Waals surface area contributed by atoms with E-state index in [1.807, 2.05) is 47.8 Å². The van der Waals surface area contributed by atoms with Crippen LogP contribution in [-0.2, 0) is 16.0 Å². The number of carbonyl (C=O) groups is 3. The minimum absolute atomic E-state index is 0.334. The van der Waals surface area contributed by atoms with Crippen LogP contribution in [0.15, 0.2) is 66.2 Å². The van der Waals surface area contributed by atoms with Crippen LogP contribution in [0.2, 0.25) is 0 Å². The van der Waals surface area contributed by atoms with E-state index in [1.165, 1.54) is 11.3 Å². The molecule has 4 amide bonds. The summed E-state index contributed by atoms with van der Waals surface area (Å²) in [6, 6.07) is 16.5. The molecular formula is C23H22N4O3S. The van der Waals surface area contributed by atoms with Crippen molar-refractivity contribution in [1.29, 1.82) is 0 Å². The van der Waals surface area contributed by atoms with Gasteiger partial charge in [-0.25, -0.2) is 9.78 Å². The van der Waals surface area contributed by atoms with Gasteiger partial charge >= 0.3 is 6.03 Å². The molecule has 1 atom stereocenters. The zero-order chi connectivity index (χ0) is 21.8. The molecule has 1 aromatic heterocycles. The Hall–Kier alpha value is -3.52. The highest BCUT2D eigenvalue weighted by Gasteiger charge is 2.47. The van der Waals surface area contributed by atoms with Gasteiger partial charge in [-0.1, -0.05) is 30.3 Å². The van der Waals surface area contributed by atoms with Crippen molar-refractivity contribution in [2.75, 3.05) is 11.9 Å². The zero-order valence-electron chi connectivity index (χ0n) is 17.0. The van der Waals surface area contributed by atoms with Gasteiger partial charge < -0.3 is 10.6 Å². The van der Waals surface area contributed by atoms with E-state index in [2.05, 4.69) is 15.6 Å². The maximum Gasteiger partial charge on any atom is 0.325 e. The topological polar surface area (TPSA) is 91.4 Å². The second-order valence-electron chi connectivity index (χ2n) is 7.60. The Morgan fingerprint density at radius 3 is 2.55 bits per heavy atom. The number of aromatic nitrogens is 1. The van der Waals surface area contributed by atoms with E-state index in [-0.39, 0.29) is 12.5 Å². The Kier molecular flexibility index (Phi) is 5.81. The highest BCUT2D eigenvalue weighted by molar-refractivity contribution is 7.13. The number of carbonyl (C=O) groups excluding carboxylic acids is 3. The van der Waals surface area contributed by atoms with E-state index >= 15 is 0 Å². The predicted octanol–water partition coefficient (Wildman–Crippen LogP) is 3.69. The van der Waals surface area contributed by atoms with Gasteiger partial charge in [0.2, 0.25) is 5.91 Å². The first-order valence-corrected chi connectivity index (χ1v) is 10.8. The number of hydrogen-bond acceptors (Lipinski definition) is 5. The number of benzene rings is 2. The summed E-state index contributed by atoms with van der Waals surface area (Å²) < 4.78 is 0. The lowest BCUT2D eigenvalue weighted by Crippen LogP contribution is -2.45. The fourth-order valence-corrected chi connectivity index (χ4v) is 4.15. The predicted molar refractivity (Wildman–Crippen MR) is 120 cm³/mol. The molecule has 1 fully saturated rings. The normalized spacial score (nSPS) is 18.2. The number of urea groups is 1. The van der Waals surface area contributed by atoms with Crippen LogP contribution in [0.5, 0.6) is 0 Å². The Bertz CT molecular complexity index is 1080. The maximum atomic E-state index is 12.9. The van der Waals surface area contributed by atoms with Crippen molar-refractivity contribution in [3.8, 4) is 10.6 Å². The fraction of sp³-hybridized carbons (Fsp3) is 0.217. The van der Waals surface area contributed by atoms with E-state index < -0.39 is 17.5 Å². The largest absolute Gasteiger partial charge is 0.325 e. The summed E-state index contributed by atoms with van der Waals surface area (Å²) in [6.07, 6.45) is 2.84. The third-order valence-corrected chi connectivity index (χ3v) is 6.07. The summed E-state index contributed by atoms with van der Waals surface area (Å²) in [7, 11) is 0. The average molecular weight is 435 g/mol. The number of imide groups is 1. The second kappa shape index (κ2) is 8.69. The highest BCUT2D eigenvalue weighted by atomic mass is 32.1. The molecule has 0 bridgehead atoms. The third kappa shape index (κ3) is 4.64. The molecular weight excluding hydrogens is 412 g/mol. The summed E-state index contributed by atoms with van der Waals surface area (Å²) in [4.78, 5) is 43.0. The number of rotatable bonds is 7. The van der Waals surface area contributed by atoms with Gasteiger partial charge in [-0.2, -0.15) is 0 Å². The first-order valence-electron chi connectivity index (χ1n) is 9.92. The molecule has 1 aliphatic rings. The molecule has 7 nitrogen and oxygen atoms in total. The Morgan fingerprint density at radius 1 is 1.13 bits per heavy atom. The highest BCUT2D eigenvalue weighted by Crippen LogP contribution is 2.25. The van der Waals surface area contributed by atoms with Crippen molar-refractivity contribution >= 4 is 34.9 Å². The van der Waals surface area contributed by atoms with Crippen LogP contribution in [0, 0.1) is 0 Å². The van der Waals surface area contributed by atoms with E-state index in [4.69, 9.17) is 0 Å². The Morgan fingerprint density at radius 2 is 1.87 bits per heavy atom. The monoisotopic (exact) mass is 434 g/mol. The van der Waals surface area contributed by atoms with E-state index in [9.17, 15) is 14.4 Å². The molecule has 1 saturated heterocycles. The van der Waals surface area contributed by atoms with Crippen molar-refractivity contribution in [3.05, 3.63) is 71.7 Å². The number of nitrogens with one attached hydrogen (secondary N) is 2. The number of amides is 4. The molecule has 158 valence electrons. The maximum absolute atomic E-state index is 12.9. The SMILES string of the molecule is C[C@@]1(CCc2ccccc2)NC(=O)N(CC(=O)Nc2ccc(-c3nccs3)cc2)C1=O. The van der Waals surface area contributed by atoms with Crippen molar-refractivity contribution in [2.45, 2.75) is 25.3 Å². The van der Waals surface area contributed by atoms with Gasteiger partial charge in [-0.3, -0.25) is 14.5 Å². The molecule has 4 rings (SSSR count). The molecule has 0 unspecified atom stereocenters. The minimum Gasteiger partial charge on any atom is -0.325 e. The van der Waals surface area contributed by atoms with Crippen LogP contribution in [0.3, 0.4) is 0 Å². The quantitative estimate of drug-likeness (QED) is 0.555. The molecule has 3 aromatic rings. The second-order valence-corrected chi connectivity index (χ2v) is 8.50. The number of hydrogen-bond donors (Lipinski definition) is 2. The molecule has 31 heavy (non-hydrogen) atoms. The van der Waals surface area contributed by atoms with Gasteiger partial charge in [0, 0.05) is 22.8 Å². The minimum atomic E-state index is -1.03. The smallest absolute Gasteiger partial charge is 0.325 e. The van der Waals surface area contributed by atoms with E-state index in [0.717, 1.165) is 21.0 Å². The summed E-state index contributed by atoms with van der Waals surface area (Å²) in [5.41, 5.74) is 1.60. The van der Waals surface area contributed by atoms with Crippen molar-refractivity contribution in [2.24, 2.45) is 0 Å². The number of nitrogens with zero attached hydrogens (tertiary/aromatic N) is 2. The summed E-state index contributed by atoms with van der Waals surface area (Å²) in [6.45, 7) is 1.37. The van der Waals surface area contributed by atoms with Gasteiger partial charge in [0.05, 0.1) is 0 Å². The molecule has 1 aliphatic heterocycles. The summed E-state index contributed by atoms with van der Waals surface area (Å²) in [5.74, 6) is -0.819. The lowest BCUT2D eigenvalue weighted by atomic mass is 9.93. The molecule has 8 heteroatoms. The van der Waals surface area contributed by atoms with Crippen molar-refractivity contribution in [3.63, 3.8) is 0 Å². The summed E-state index contributed by atoms with van der Waals surface area (Å²) in [5, 5.41) is 8.28. The first kappa shape index (κ1) is 20.7. The Balaban J connectivity index is 1.35. The van der Waals surface area contributed by atoms with Crippen LogP contribution in [0.25, 0.3) is 10.6 Å². The van der Waals surface area contributed by atoms with Crippen LogP contribution in [0.1, 0.15) is 18.9 Å². The van der Waals surface area contributed by atoms with Gasteiger partial charge in [0.1, 0.15) is 17.1 Å². The number of anilines is 1. The molecule has 0 radical (unpaired) electrons. The van der Waals surface area contributed by atoms with Crippen LogP contribution in [-0.4, -0.2) is 39.8 Å². The van der Waals surface area contributed by atoms with Gasteiger partial charge in [0.15, 0.2) is 0 Å². The van der Waals surface area contributed by atoms with Gasteiger partial charge in [-0.15, -0.1) is 11.3 Å².